The summed E-state index contributed by atoms with van der Waals surface area (Å²) < 4.78 is 3.71. The molecule has 48 heavy (non-hydrogen) atoms. The van der Waals surface area contributed by atoms with Crippen LogP contribution in [0.15, 0.2) is 176 Å². The molecule has 2 heterocycles. The van der Waals surface area contributed by atoms with Gasteiger partial charge < -0.3 is 4.57 Å². The van der Waals surface area contributed by atoms with E-state index in [0.717, 1.165) is 0 Å². The van der Waals surface area contributed by atoms with Crippen LogP contribution >= 0.6 is 11.3 Å². The Morgan fingerprint density at radius 3 is 1.56 bits per heavy atom. The van der Waals surface area contributed by atoms with Crippen molar-refractivity contribution in [1.29, 1.82) is 0 Å². The number of aromatic nitrogens is 1. The van der Waals surface area contributed by atoms with E-state index in [9.17, 15) is 0 Å². The minimum atomic E-state index is 1.18. The summed E-state index contributed by atoms with van der Waals surface area (Å²) in [5.41, 5.74) is 9.91. The Morgan fingerprint density at radius 1 is 0.354 bits per heavy atom. The summed E-state index contributed by atoms with van der Waals surface area (Å²) in [7, 11) is 0. The maximum absolute atomic E-state index is 2.41. The largest absolute Gasteiger partial charge is 0.309 e. The van der Waals surface area contributed by atoms with Crippen molar-refractivity contribution in [3.05, 3.63) is 176 Å². The Bertz CT molecular complexity index is 2730. The van der Waals surface area contributed by atoms with Gasteiger partial charge in [0.2, 0.25) is 0 Å². The van der Waals surface area contributed by atoms with Crippen molar-refractivity contribution >= 4 is 64.8 Å². The highest BCUT2D eigenvalue weighted by Crippen LogP contribution is 2.45. The van der Waals surface area contributed by atoms with Crippen LogP contribution in [0.4, 0.5) is 0 Å². The van der Waals surface area contributed by atoms with Crippen molar-refractivity contribution in [1.82, 2.24) is 4.57 Å². The molecule has 0 N–H and O–H groups in total. The number of thiophene rings is 1. The third kappa shape index (κ3) is 4.17. The molecule has 0 aliphatic heterocycles. The van der Waals surface area contributed by atoms with Gasteiger partial charge in [-0.3, -0.25) is 0 Å². The van der Waals surface area contributed by atoms with Gasteiger partial charge in [0.15, 0.2) is 0 Å². The van der Waals surface area contributed by atoms with Crippen LogP contribution in [0, 0.1) is 0 Å². The summed E-state index contributed by atoms with van der Waals surface area (Å²) in [4.78, 5) is 1.30. The summed E-state index contributed by atoms with van der Waals surface area (Å²) in [6, 6.07) is 64.5. The molecule has 1 nitrogen and oxygen atoms in total. The summed E-state index contributed by atoms with van der Waals surface area (Å²) in [6.45, 7) is 0. The molecule has 0 bridgehead atoms. The first-order chi connectivity index (χ1) is 23.8. The molecule has 2 heteroatoms. The van der Waals surface area contributed by atoms with Crippen molar-refractivity contribution in [3.63, 3.8) is 0 Å². The molecule has 0 aliphatic carbocycles. The van der Waals surface area contributed by atoms with Crippen LogP contribution in [0.1, 0.15) is 0 Å². The van der Waals surface area contributed by atoms with Gasteiger partial charge in [0.25, 0.3) is 0 Å². The SMILES string of the molecule is c1ccc(-n2c3ccccc3c3cc(-c4c5ccccc5c(-c5ccc(-c6cc7ccccc7s6)cc5)c5ccccc45)ccc32)cc1. The molecule has 0 atom stereocenters. The van der Waals surface area contributed by atoms with E-state index in [4.69, 9.17) is 0 Å². The number of para-hydroxylation sites is 2. The molecular weight excluding hydrogens is 599 g/mol. The standard InChI is InChI=1S/C46H29NS/c1-2-13-34(14-3-1)47-41-20-10-9-15-35(41)40-28-33(26-27-42(40)47)46-38-18-7-5-16-36(38)45(37-17-6-8-19-39(37)46)31-24-22-30(23-25-31)44-29-32-12-4-11-21-43(32)48-44/h1-29H. The number of benzene rings is 8. The van der Waals surface area contributed by atoms with Gasteiger partial charge in [-0.2, -0.15) is 0 Å². The van der Waals surface area contributed by atoms with Gasteiger partial charge in [-0.15, -0.1) is 11.3 Å². The average Bonchev–Trinajstić information content (AvgIpc) is 3.74. The smallest absolute Gasteiger partial charge is 0.0541 e. The summed E-state index contributed by atoms with van der Waals surface area (Å²) in [6.07, 6.45) is 0. The van der Waals surface area contributed by atoms with E-state index in [2.05, 4.69) is 180 Å². The Morgan fingerprint density at radius 2 is 0.875 bits per heavy atom. The highest BCUT2D eigenvalue weighted by Gasteiger charge is 2.19. The second-order valence-corrected chi connectivity index (χ2v) is 13.6. The molecule has 0 saturated heterocycles. The fraction of sp³-hybridized carbons (Fsp3) is 0. The number of rotatable bonds is 4. The van der Waals surface area contributed by atoms with Crippen molar-refractivity contribution in [2.24, 2.45) is 0 Å². The fourth-order valence-electron chi connectivity index (χ4n) is 7.66. The molecule has 10 aromatic rings. The number of hydrogen-bond donors (Lipinski definition) is 0. The van der Waals surface area contributed by atoms with Crippen LogP contribution in [-0.4, -0.2) is 4.57 Å². The van der Waals surface area contributed by atoms with E-state index in [0.29, 0.717) is 0 Å². The van der Waals surface area contributed by atoms with Gasteiger partial charge in [-0.05, 0) is 97.2 Å². The lowest BCUT2D eigenvalue weighted by atomic mass is 9.85. The van der Waals surface area contributed by atoms with Crippen molar-refractivity contribution in [2.75, 3.05) is 0 Å². The normalized spacial score (nSPS) is 11.8. The summed E-state index contributed by atoms with van der Waals surface area (Å²) in [5.74, 6) is 0. The molecule has 0 fully saturated rings. The highest BCUT2D eigenvalue weighted by molar-refractivity contribution is 7.22. The predicted octanol–water partition coefficient (Wildman–Crippen LogP) is 13.3. The summed E-state index contributed by atoms with van der Waals surface area (Å²) >= 11 is 1.86. The topological polar surface area (TPSA) is 4.93 Å². The lowest BCUT2D eigenvalue weighted by Gasteiger charge is -2.18. The molecule has 0 radical (unpaired) electrons. The zero-order chi connectivity index (χ0) is 31.6. The molecule has 0 aliphatic rings. The zero-order valence-corrected chi connectivity index (χ0v) is 26.9. The van der Waals surface area contributed by atoms with E-state index in [-0.39, 0.29) is 0 Å². The lowest BCUT2D eigenvalue weighted by Crippen LogP contribution is -1.93. The van der Waals surface area contributed by atoms with E-state index in [1.807, 2.05) is 11.3 Å². The maximum atomic E-state index is 2.41. The van der Waals surface area contributed by atoms with Gasteiger partial charge in [0.05, 0.1) is 11.0 Å². The molecule has 0 unspecified atom stereocenters. The molecule has 0 spiro atoms. The van der Waals surface area contributed by atoms with Gasteiger partial charge in [0.1, 0.15) is 0 Å². The first kappa shape index (κ1) is 27.2. The minimum Gasteiger partial charge on any atom is -0.309 e. The first-order valence-electron chi connectivity index (χ1n) is 16.4. The van der Waals surface area contributed by atoms with E-state index in [1.54, 1.807) is 0 Å². The van der Waals surface area contributed by atoms with Crippen LogP contribution in [0.3, 0.4) is 0 Å². The van der Waals surface area contributed by atoms with E-state index in [1.165, 1.54) is 91.8 Å². The monoisotopic (exact) mass is 627 g/mol. The molecule has 2 aromatic heterocycles. The van der Waals surface area contributed by atoms with Crippen LogP contribution in [0.5, 0.6) is 0 Å². The summed E-state index contributed by atoms with van der Waals surface area (Å²) in [5, 5.41) is 8.91. The Labute approximate surface area is 282 Å². The van der Waals surface area contributed by atoms with Crippen LogP contribution in [-0.2, 0) is 0 Å². The second-order valence-electron chi connectivity index (χ2n) is 12.5. The van der Waals surface area contributed by atoms with Crippen LogP contribution in [0.2, 0.25) is 0 Å². The second kappa shape index (κ2) is 10.8. The average molecular weight is 628 g/mol. The Balaban J connectivity index is 1.19. The van der Waals surface area contributed by atoms with Crippen molar-refractivity contribution in [2.45, 2.75) is 0 Å². The Hall–Kier alpha value is -5.96. The van der Waals surface area contributed by atoms with Gasteiger partial charge >= 0.3 is 0 Å². The van der Waals surface area contributed by atoms with Gasteiger partial charge in [-0.25, -0.2) is 0 Å². The third-order valence-electron chi connectivity index (χ3n) is 9.79. The van der Waals surface area contributed by atoms with E-state index < -0.39 is 0 Å². The predicted molar refractivity (Wildman–Crippen MR) is 207 cm³/mol. The Kier molecular flexibility index (Phi) is 6.12. The lowest BCUT2D eigenvalue weighted by molar-refractivity contribution is 1.18. The van der Waals surface area contributed by atoms with Crippen LogP contribution in [0.25, 0.3) is 91.8 Å². The van der Waals surface area contributed by atoms with E-state index >= 15 is 0 Å². The van der Waals surface area contributed by atoms with Crippen LogP contribution < -0.4 is 0 Å². The third-order valence-corrected chi connectivity index (χ3v) is 11.0. The molecule has 224 valence electrons. The van der Waals surface area contributed by atoms with Gasteiger partial charge in [-0.1, -0.05) is 133 Å². The molecule has 0 amide bonds. The maximum Gasteiger partial charge on any atom is 0.0541 e. The zero-order valence-electron chi connectivity index (χ0n) is 26.1. The number of hydrogen-bond acceptors (Lipinski definition) is 1. The molecule has 0 saturated carbocycles. The van der Waals surface area contributed by atoms with Gasteiger partial charge in [0, 0.05) is 26.0 Å². The fourth-order valence-corrected chi connectivity index (χ4v) is 8.73. The molecule has 10 rings (SSSR count). The van der Waals surface area contributed by atoms with Crippen molar-refractivity contribution < 1.29 is 0 Å². The number of nitrogens with zero attached hydrogens (tertiary/aromatic N) is 1. The highest BCUT2D eigenvalue weighted by atomic mass is 32.1. The number of fused-ring (bicyclic) bond motifs is 6. The van der Waals surface area contributed by atoms with Crippen molar-refractivity contribution in [3.8, 4) is 38.4 Å². The molecular formula is C46H29NS. The quantitative estimate of drug-likeness (QED) is 0.171. The minimum absolute atomic E-state index is 1.18. The first-order valence-corrected chi connectivity index (χ1v) is 17.3. The molecule has 8 aromatic carbocycles.